The van der Waals surface area contributed by atoms with Gasteiger partial charge in [-0.3, -0.25) is 9.59 Å². The molecule has 5 amide bonds. The summed E-state index contributed by atoms with van der Waals surface area (Å²) in [7, 11) is 0. The van der Waals surface area contributed by atoms with E-state index in [0.29, 0.717) is 18.0 Å². The van der Waals surface area contributed by atoms with E-state index in [1.54, 1.807) is 13.8 Å². The zero-order valence-corrected chi connectivity index (χ0v) is 14.7. The molecule has 0 aromatic heterocycles. The van der Waals surface area contributed by atoms with Crippen molar-refractivity contribution < 1.29 is 28.7 Å². The van der Waals surface area contributed by atoms with Crippen LogP contribution >= 0.6 is 0 Å². The van der Waals surface area contributed by atoms with Crippen molar-refractivity contribution in [1.29, 1.82) is 0 Å². The quantitative estimate of drug-likeness (QED) is 0.825. The first-order valence-corrected chi connectivity index (χ1v) is 8.11. The van der Waals surface area contributed by atoms with E-state index < -0.39 is 41.7 Å². The topological polar surface area (TPSA) is 98.2 Å². The number of halogens is 1. The van der Waals surface area contributed by atoms with Crippen LogP contribution in [-0.4, -0.2) is 58.5 Å². The van der Waals surface area contributed by atoms with Gasteiger partial charge in [0.1, 0.15) is 5.82 Å². The lowest BCUT2D eigenvalue weighted by molar-refractivity contribution is -0.154. The van der Waals surface area contributed by atoms with E-state index in [0.717, 1.165) is 24.0 Å². The largest absolute Gasteiger partial charge is 0.480 e. The summed E-state index contributed by atoms with van der Waals surface area (Å²) >= 11 is 0. The van der Waals surface area contributed by atoms with Crippen molar-refractivity contribution in [1.82, 2.24) is 9.80 Å². The highest BCUT2D eigenvalue weighted by atomic mass is 19.1. The second-order valence-corrected chi connectivity index (χ2v) is 6.08. The molecule has 1 saturated heterocycles. The van der Waals surface area contributed by atoms with Crippen LogP contribution in [0, 0.1) is 11.2 Å². The van der Waals surface area contributed by atoms with Crippen LogP contribution in [0.25, 0.3) is 0 Å². The number of rotatable bonds is 4. The number of hydrogen-bond donors (Lipinski definition) is 1. The van der Waals surface area contributed by atoms with E-state index in [4.69, 9.17) is 0 Å². The summed E-state index contributed by atoms with van der Waals surface area (Å²) in [5, 5.41) is 9.55. The Morgan fingerprint density at radius 2 is 1.73 bits per heavy atom. The molecule has 1 fully saturated rings. The van der Waals surface area contributed by atoms with Crippen molar-refractivity contribution in [2.24, 2.45) is 5.41 Å². The smallest absolute Gasteiger partial charge is 0.339 e. The van der Waals surface area contributed by atoms with E-state index >= 15 is 0 Å². The molecular formula is C17H20FN3O5. The molecule has 8 nitrogen and oxygen atoms in total. The van der Waals surface area contributed by atoms with Crippen LogP contribution in [0.1, 0.15) is 20.8 Å². The van der Waals surface area contributed by atoms with Gasteiger partial charge in [0.05, 0.1) is 12.2 Å². The van der Waals surface area contributed by atoms with Crippen LogP contribution in [-0.2, 0) is 9.59 Å². The molecule has 140 valence electrons. The van der Waals surface area contributed by atoms with Crippen LogP contribution in [0.3, 0.4) is 0 Å². The summed E-state index contributed by atoms with van der Waals surface area (Å²) in [4.78, 5) is 52.6. The molecule has 26 heavy (non-hydrogen) atoms. The molecule has 1 N–H and O–H groups in total. The lowest BCUT2D eigenvalue weighted by Gasteiger charge is -2.42. The Bertz CT molecular complexity index is 747. The Labute approximate surface area is 149 Å². The molecule has 1 aromatic rings. The van der Waals surface area contributed by atoms with Crippen molar-refractivity contribution in [2.75, 3.05) is 24.5 Å². The molecule has 1 aromatic carbocycles. The molecule has 0 saturated carbocycles. The molecule has 1 unspecified atom stereocenters. The number of benzene rings is 1. The van der Waals surface area contributed by atoms with Gasteiger partial charge >= 0.3 is 18.0 Å². The average molecular weight is 365 g/mol. The number of aliphatic carboxylic acids is 1. The van der Waals surface area contributed by atoms with Gasteiger partial charge in [-0.1, -0.05) is 0 Å². The third-order valence-electron chi connectivity index (χ3n) is 4.39. The number of nitrogens with zero attached hydrogens (tertiary/aromatic N) is 3. The van der Waals surface area contributed by atoms with Gasteiger partial charge < -0.3 is 10.0 Å². The molecule has 9 heteroatoms. The summed E-state index contributed by atoms with van der Waals surface area (Å²) in [6, 6.07) is 2.79. The molecule has 2 rings (SSSR count). The van der Waals surface area contributed by atoms with Crippen molar-refractivity contribution in [3.8, 4) is 0 Å². The predicted octanol–water partition coefficient (Wildman–Crippen LogP) is 2.15. The Kier molecular flexibility index (Phi) is 5.29. The van der Waals surface area contributed by atoms with Crippen LogP contribution in [0.5, 0.6) is 0 Å². The van der Waals surface area contributed by atoms with Crippen LogP contribution < -0.4 is 4.90 Å². The standard InChI is InChI=1S/C17H20FN3O5/c1-4-19(5-2)15(25)20-10-17(3,14(23)24)13(22)21(16(20)26)12-8-6-11(18)7-9-12/h6-9H,4-5,10H2,1-3H3,(H,23,24). The lowest BCUT2D eigenvalue weighted by atomic mass is 9.86. The summed E-state index contributed by atoms with van der Waals surface area (Å²) in [5.41, 5.74) is -2.02. The molecular weight excluding hydrogens is 345 g/mol. The first kappa shape index (κ1) is 19.4. The Morgan fingerprint density at radius 3 is 2.19 bits per heavy atom. The maximum Gasteiger partial charge on any atom is 0.339 e. The number of anilines is 1. The van der Waals surface area contributed by atoms with Gasteiger partial charge in [-0.15, -0.1) is 0 Å². The minimum Gasteiger partial charge on any atom is -0.480 e. The van der Waals surface area contributed by atoms with Crippen LogP contribution in [0.15, 0.2) is 24.3 Å². The fourth-order valence-electron chi connectivity index (χ4n) is 2.70. The van der Waals surface area contributed by atoms with Crippen LogP contribution in [0.2, 0.25) is 0 Å². The van der Waals surface area contributed by atoms with E-state index in [9.17, 15) is 28.7 Å². The summed E-state index contributed by atoms with van der Waals surface area (Å²) in [6.07, 6.45) is 0. The van der Waals surface area contributed by atoms with Gasteiger partial charge in [0.25, 0.3) is 5.91 Å². The molecule has 0 spiro atoms. The van der Waals surface area contributed by atoms with Crippen molar-refractivity contribution >= 4 is 29.6 Å². The van der Waals surface area contributed by atoms with Gasteiger partial charge in [0.15, 0.2) is 5.41 Å². The highest BCUT2D eigenvalue weighted by molar-refractivity contribution is 6.25. The fourth-order valence-corrected chi connectivity index (χ4v) is 2.70. The summed E-state index contributed by atoms with van der Waals surface area (Å²) in [5.74, 6) is -3.02. The van der Waals surface area contributed by atoms with E-state index in [-0.39, 0.29) is 5.69 Å². The van der Waals surface area contributed by atoms with Gasteiger partial charge in [0.2, 0.25) is 0 Å². The normalized spacial score (nSPS) is 20.3. The number of urea groups is 2. The van der Waals surface area contributed by atoms with Crippen molar-refractivity contribution in [3.63, 3.8) is 0 Å². The first-order valence-electron chi connectivity index (χ1n) is 8.11. The van der Waals surface area contributed by atoms with E-state index in [2.05, 4.69) is 0 Å². The second-order valence-electron chi connectivity index (χ2n) is 6.08. The number of carboxylic acid groups (broad SMARTS) is 1. The van der Waals surface area contributed by atoms with Gasteiger partial charge in [-0.25, -0.2) is 23.8 Å². The predicted molar refractivity (Wildman–Crippen MR) is 90.0 cm³/mol. The van der Waals surface area contributed by atoms with Crippen LogP contribution in [0.4, 0.5) is 19.7 Å². The second kappa shape index (κ2) is 7.11. The zero-order chi connectivity index (χ0) is 19.6. The molecule has 0 aliphatic carbocycles. The molecule has 1 aliphatic heterocycles. The van der Waals surface area contributed by atoms with Gasteiger partial charge in [0, 0.05) is 13.1 Å². The maximum atomic E-state index is 13.2. The number of carbonyl (C=O) groups is 4. The fraction of sp³-hybridized carbons (Fsp3) is 0.412. The summed E-state index contributed by atoms with van der Waals surface area (Å²) < 4.78 is 13.2. The van der Waals surface area contributed by atoms with Gasteiger partial charge in [-0.05, 0) is 45.0 Å². The zero-order valence-electron chi connectivity index (χ0n) is 14.7. The SMILES string of the molecule is CCN(CC)C(=O)N1CC(C)(C(=O)O)C(=O)N(c2ccc(F)cc2)C1=O. The number of imide groups is 2. The van der Waals surface area contributed by atoms with E-state index in [1.807, 2.05) is 0 Å². The Hall–Kier alpha value is -2.97. The molecule has 0 bridgehead atoms. The minimum absolute atomic E-state index is 0.00841. The monoisotopic (exact) mass is 365 g/mol. The molecule has 1 heterocycles. The van der Waals surface area contributed by atoms with E-state index in [1.165, 1.54) is 17.0 Å². The third kappa shape index (κ3) is 3.12. The molecule has 0 radical (unpaired) electrons. The highest BCUT2D eigenvalue weighted by Gasteiger charge is 2.55. The third-order valence-corrected chi connectivity index (χ3v) is 4.39. The lowest BCUT2D eigenvalue weighted by Crippen LogP contribution is -2.66. The van der Waals surface area contributed by atoms with Crippen molar-refractivity contribution in [3.05, 3.63) is 30.1 Å². The summed E-state index contributed by atoms with van der Waals surface area (Å²) in [6.45, 7) is 4.64. The number of hydrogen-bond acceptors (Lipinski definition) is 4. The average Bonchev–Trinajstić information content (AvgIpc) is 2.60. The Balaban J connectivity index is 2.54. The molecule has 1 atom stereocenters. The molecule has 1 aliphatic rings. The Morgan fingerprint density at radius 1 is 1.19 bits per heavy atom. The maximum absolute atomic E-state index is 13.2. The number of carbonyl (C=O) groups excluding carboxylic acids is 3. The first-order chi connectivity index (χ1) is 12.2. The van der Waals surface area contributed by atoms with Crippen molar-refractivity contribution in [2.45, 2.75) is 20.8 Å². The number of carboxylic acids is 1. The minimum atomic E-state index is -2.01. The van der Waals surface area contributed by atoms with Gasteiger partial charge in [-0.2, -0.15) is 0 Å². The highest BCUT2D eigenvalue weighted by Crippen LogP contribution is 2.32. The number of amides is 5.